The van der Waals surface area contributed by atoms with E-state index in [0.717, 1.165) is 5.56 Å². The molecule has 1 rings (SSSR count). The van der Waals surface area contributed by atoms with Crippen molar-refractivity contribution in [1.29, 1.82) is 0 Å². The Hall–Kier alpha value is -1.75. The normalized spacial score (nSPS) is 11.8. The summed E-state index contributed by atoms with van der Waals surface area (Å²) in [6.07, 6.45) is 0.0400. The molecule has 110 valence electrons. The van der Waals surface area contributed by atoms with Gasteiger partial charge in [0, 0.05) is 31.6 Å². The van der Waals surface area contributed by atoms with Crippen LogP contribution in [-0.2, 0) is 11.3 Å². The van der Waals surface area contributed by atoms with E-state index in [1.807, 2.05) is 12.1 Å². The smallest absolute Gasteiger partial charge is 0.317 e. The number of carboxylic acid groups (broad SMARTS) is 1. The molecule has 0 heterocycles. The van der Waals surface area contributed by atoms with Crippen molar-refractivity contribution >= 4 is 23.6 Å². The van der Waals surface area contributed by atoms with E-state index in [0.29, 0.717) is 18.1 Å². The summed E-state index contributed by atoms with van der Waals surface area (Å²) in [7, 11) is 1.68. The quantitative estimate of drug-likeness (QED) is 0.848. The number of hydrogen-bond acceptors (Lipinski definition) is 2. The molecule has 0 saturated carbocycles. The molecule has 1 aromatic carbocycles. The van der Waals surface area contributed by atoms with Gasteiger partial charge in [-0.3, -0.25) is 4.79 Å². The highest BCUT2D eigenvalue weighted by Crippen LogP contribution is 2.12. The summed E-state index contributed by atoms with van der Waals surface area (Å²) >= 11 is 5.88. The van der Waals surface area contributed by atoms with Crippen LogP contribution in [0.25, 0.3) is 0 Å². The number of nitrogens with zero attached hydrogens (tertiary/aromatic N) is 1. The summed E-state index contributed by atoms with van der Waals surface area (Å²) < 4.78 is 0. The number of carbonyl (C=O) groups is 2. The van der Waals surface area contributed by atoms with Gasteiger partial charge in [-0.1, -0.05) is 30.7 Å². The number of carboxylic acids is 1. The Morgan fingerprint density at radius 3 is 2.75 bits per heavy atom. The lowest BCUT2D eigenvalue weighted by molar-refractivity contribution is -0.137. The first-order valence-electron chi connectivity index (χ1n) is 6.33. The number of amides is 2. The van der Waals surface area contributed by atoms with Crippen molar-refractivity contribution in [3.8, 4) is 0 Å². The highest BCUT2D eigenvalue weighted by Gasteiger charge is 2.12. The molecule has 20 heavy (non-hydrogen) atoms. The molecule has 2 N–H and O–H groups in total. The van der Waals surface area contributed by atoms with Crippen LogP contribution in [-0.4, -0.2) is 35.6 Å². The summed E-state index contributed by atoms with van der Waals surface area (Å²) in [5.41, 5.74) is 0.939. The molecule has 1 aromatic rings. The average Bonchev–Trinajstić information content (AvgIpc) is 2.35. The maximum Gasteiger partial charge on any atom is 0.317 e. The summed E-state index contributed by atoms with van der Waals surface area (Å²) in [6.45, 7) is 2.57. The minimum atomic E-state index is -0.862. The molecule has 5 nitrogen and oxygen atoms in total. The Kier molecular flexibility index (Phi) is 6.31. The Morgan fingerprint density at radius 2 is 2.15 bits per heavy atom. The van der Waals surface area contributed by atoms with E-state index in [4.69, 9.17) is 16.7 Å². The molecular weight excluding hydrogens is 280 g/mol. The number of carbonyl (C=O) groups excluding carboxylic acids is 1. The van der Waals surface area contributed by atoms with Gasteiger partial charge in [0.15, 0.2) is 0 Å². The molecular formula is C14H19ClN2O3. The van der Waals surface area contributed by atoms with Gasteiger partial charge in [0.05, 0.1) is 0 Å². The summed E-state index contributed by atoms with van der Waals surface area (Å²) in [4.78, 5) is 23.9. The molecule has 0 radical (unpaired) electrons. The first kappa shape index (κ1) is 16.3. The number of halogens is 1. The first-order valence-corrected chi connectivity index (χ1v) is 6.71. The van der Waals surface area contributed by atoms with E-state index >= 15 is 0 Å². The van der Waals surface area contributed by atoms with Crippen molar-refractivity contribution in [2.24, 2.45) is 5.92 Å². The zero-order valence-electron chi connectivity index (χ0n) is 11.6. The molecule has 1 unspecified atom stereocenters. The van der Waals surface area contributed by atoms with Gasteiger partial charge in [-0.25, -0.2) is 4.79 Å². The van der Waals surface area contributed by atoms with E-state index < -0.39 is 5.97 Å². The van der Waals surface area contributed by atoms with Gasteiger partial charge >= 0.3 is 12.0 Å². The van der Waals surface area contributed by atoms with Gasteiger partial charge in [0.1, 0.15) is 0 Å². The van der Waals surface area contributed by atoms with Crippen molar-refractivity contribution in [2.45, 2.75) is 19.9 Å². The van der Waals surface area contributed by atoms with Crippen molar-refractivity contribution in [3.63, 3.8) is 0 Å². The van der Waals surface area contributed by atoms with E-state index in [1.54, 1.807) is 26.1 Å². The third-order valence-corrected chi connectivity index (χ3v) is 3.02. The third kappa shape index (κ3) is 5.93. The van der Waals surface area contributed by atoms with Gasteiger partial charge in [-0.15, -0.1) is 0 Å². The molecule has 0 aromatic heterocycles. The predicted molar refractivity (Wildman–Crippen MR) is 77.7 cm³/mol. The predicted octanol–water partition coefficient (Wildman–Crippen LogP) is 2.59. The maximum absolute atomic E-state index is 11.9. The van der Waals surface area contributed by atoms with Crippen LogP contribution in [0.1, 0.15) is 18.9 Å². The largest absolute Gasteiger partial charge is 0.481 e. The van der Waals surface area contributed by atoms with Gasteiger partial charge in [0.25, 0.3) is 0 Å². The second kappa shape index (κ2) is 7.75. The molecule has 0 bridgehead atoms. The first-order chi connectivity index (χ1) is 9.38. The fourth-order valence-corrected chi connectivity index (χ4v) is 1.96. The molecule has 0 saturated heterocycles. The molecule has 0 aliphatic heterocycles. The highest BCUT2D eigenvalue weighted by molar-refractivity contribution is 6.30. The molecule has 0 fully saturated rings. The van der Waals surface area contributed by atoms with Crippen molar-refractivity contribution < 1.29 is 14.7 Å². The number of benzene rings is 1. The van der Waals surface area contributed by atoms with Crippen LogP contribution >= 0.6 is 11.6 Å². The number of aliphatic carboxylic acids is 1. The van der Waals surface area contributed by atoms with Crippen LogP contribution in [0, 0.1) is 5.92 Å². The molecule has 0 spiro atoms. The van der Waals surface area contributed by atoms with Crippen LogP contribution in [0.15, 0.2) is 24.3 Å². The topological polar surface area (TPSA) is 69.6 Å². The SMILES string of the molecule is CC(CNC(=O)N(C)Cc1cccc(Cl)c1)CC(=O)O. The Morgan fingerprint density at radius 1 is 1.45 bits per heavy atom. The lowest BCUT2D eigenvalue weighted by Crippen LogP contribution is -2.39. The standard InChI is InChI=1S/C14H19ClN2O3/c1-10(6-13(18)19)8-16-14(20)17(2)9-11-4-3-5-12(15)7-11/h3-5,7,10H,6,8-9H2,1-2H3,(H,16,20)(H,18,19). The van der Waals surface area contributed by atoms with Gasteiger partial charge in [-0.2, -0.15) is 0 Å². The average molecular weight is 299 g/mol. The van der Waals surface area contributed by atoms with Crippen LogP contribution < -0.4 is 5.32 Å². The number of hydrogen-bond donors (Lipinski definition) is 2. The van der Waals surface area contributed by atoms with Gasteiger partial charge < -0.3 is 15.3 Å². The Labute approximate surface area is 123 Å². The van der Waals surface area contributed by atoms with Crippen molar-refractivity contribution in [1.82, 2.24) is 10.2 Å². The Bertz CT molecular complexity index is 479. The molecule has 0 aliphatic carbocycles. The van der Waals surface area contributed by atoms with Crippen LogP contribution in [0.5, 0.6) is 0 Å². The fraction of sp³-hybridized carbons (Fsp3) is 0.429. The summed E-state index contributed by atoms with van der Waals surface area (Å²) in [5, 5.41) is 12.0. The maximum atomic E-state index is 11.9. The zero-order valence-corrected chi connectivity index (χ0v) is 12.4. The molecule has 0 aliphatic rings. The molecule has 1 atom stereocenters. The van der Waals surface area contributed by atoms with E-state index in [-0.39, 0.29) is 18.4 Å². The van der Waals surface area contributed by atoms with E-state index in [1.165, 1.54) is 4.90 Å². The number of rotatable bonds is 6. The van der Waals surface area contributed by atoms with Crippen LogP contribution in [0.3, 0.4) is 0 Å². The lowest BCUT2D eigenvalue weighted by atomic mass is 10.1. The van der Waals surface area contributed by atoms with E-state index in [2.05, 4.69) is 5.32 Å². The van der Waals surface area contributed by atoms with Crippen molar-refractivity contribution in [2.75, 3.05) is 13.6 Å². The monoisotopic (exact) mass is 298 g/mol. The minimum Gasteiger partial charge on any atom is -0.481 e. The second-order valence-corrected chi connectivity index (χ2v) is 5.31. The Balaban J connectivity index is 2.41. The van der Waals surface area contributed by atoms with Crippen molar-refractivity contribution in [3.05, 3.63) is 34.9 Å². The zero-order chi connectivity index (χ0) is 15.1. The summed E-state index contributed by atoms with van der Waals surface area (Å²) in [5.74, 6) is -0.963. The molecule has 6 heteroatoms. The van der Waals surface area contributed by atoms with Crippen LogP contribution in [0.4, 0.5) is 4.79 Å². The summed E-state index contributed by atoms with van der Waals surface area (Å²) in [6, 6.07) is 7.07. The second-order valence-electron chi connectivity index (χ2n) is 4.88. The molecule has 2 amide bonds. The lowest BCUT2D eigenvalue weighted by Gasteiger charge is -2.19. The van der Waals surface area contributed by atoms with Crippen LogP contribution in [0.2, 0.25) is 5.02 Å². The fourth-order valence-electron chi connectivity index (χ4n) is 1.75. The number of nitrogens with one attached hydrogen (secondary N) is 1. The van der Waals surface area contributed by atoms with Gasteiger partial charge in [-0.05, 0) is 23.6 Å². The van der Waals surface area contributed by atoms with E-state index in [9.17, 15) is 9.59 Å². The van der Waals surface area contributed by atoms with Gasteiger partial charge in [0.2, 0.25) is 0 Å². The number of urea groups is 1. The minimum absolute atomic E-state index is 0.0400. The third-order valence-electron chi connectivity index (χ3n) is 2.78. The highest BCUT2D eigenvalue weighted by atomic mass is 35.5.